The molecule has 0 aromatic carbocycles. The molecule has 3 rings (SSSR count). The number of hydrogen-bond donors (Lipinski definition) is 1. The normalized spacial score (nSPS) is 17.9. The van der Waals surface area contributed by atoms with Crippen molar-refractivity contribution in [3.63, 3.8) is 0 Å². The molecule has 0 aliphatic carbocycles. The zero-order chi connectivity index (χ0) is 17.1. The highest BCUT2D eigenvalue weighted by Gasteiger charge is 2.26. The van der Waals surface area contributed by atoms with Gasteiger partial charge in [-0.25, -0.2) is 4.98 Å². The topological polar surface area (TPSA) is 88.3 Å². The van der Waals surface area contributed by atoms with Crippen LogP contribution < -0.4 is 0 Å². The fourth-order valence-electron chi connectivity index (χ4n) is 3.01. The van der Waals surface area contributed by atoms with Crippen molar-refractivity contribution in [2.24, 2.45) is 13.0 Å². The van der Waals surface area contributed by atoms with Crippen molar-refractivity contribution in [3.05, 3.63) is 23.5 Å². The summed E-state index contributed by atoms with van der Waals surface area (Å²) >= 11 is 1.43. The van der Waals surface area contributed by atoms with Gasteiger partial charge in [-0.3, -0.25) is 14.3 Å². The summed E-state index contributed by atoms with van der Waals surface area (Å²) in [5.41, 5.74) is 1.36. The number of nitrogens with zero attached hydrogens (tertiary/aromatic N) is 4. The number of amides is 1. The Morgan fingerprint density at radius 3 is 3.00 bits per heavy atom. The van der Waals surface area contributed by atoms with Gasteiger partial charge in [0.2, 0.25) is 0 Å². The number of hydrogen-bond acceptors (Lipinski definition) is 5. The molecule has 24 heavy (non-hydrogen) atoms. The number of aromatic nitrogens is 3. The van der Waals surface area contributed by atoms with E-state index in [0.717, 1.165) is 23.4 Å². The molecular formula is C16H20N4O3S. The first kappa shape index (κ1) is 16.6. The summed E-state index contributed by atoms with van der Waals surface area (Å²) in [7, 11) is 1.84. The number of piperidine rings is 1. The van der Waals surface area contributed by atoms with Gasteiger partial charge >= 0.3 is 5.97 Å². The van der Waals surface area contributed by atoms with Crippen LogP contribution in [0.25, 0.3) is 10.6 Å². The number of aliphatic carboxylic acids is 1. The molecule has 1 amide bonds. The zero-order valence-electron chi connectivity index (χ0n) is 13.5. The Morgan fingerprint density at radius 1 is 1.46 bits per heavy atom. The van der Waals surface area contributed by atoms with Crippen LogP contribution in [0.5, 0.6) is 0 Å². The van der Waals surface area contributed by atoms with Crippen LogP contribution in [0.3, 0.4) is 0 Å². The molecule has 1 fully saturated rings. The summed E-state index contributed by atoms with van der Waals surface area (Å²) in [6.45, 7) is 1.33. The Labute approximate surface area is 143 Å². The van der Waals surface area contributed by atoms with Crippen LogP contribution in [0.15, 0.2) is 17.8 Å². The van der Waals surface area contributed by atoms with Gasteiger partial charge in [-0.2, -0.15) is 5.10 Å². The Morgan fingerprint density at radius 2 is 2.29 bits per heavy atom. The zero-order valence-corrected chi connectivity index (χ0v) is 14.3. The molecule has 0 spiro atoms. The number of carbonyl (C=O) groups excluding carboxylic acids is 1. The molecule has 1 aliphatic heterocycles. The number of carbonyl (C=O) groups is 2. The quantitative estimate of drug-likeness (QED) is 0.895. The summed E-state index contributed by atoms with van der Waals surface area (Å²) in [6.07, 6.45) is 6.28. The van der Waals surface area contributed by atoms with Crippen molar-refractivity contribution >= 4 is 23.2 Å². The monoisotopic (exact) mass is 348 g/mol. The Bertz CT molecular complexity index is 739. The average Bonchev–Trinajstić information content (AvgIpc) is 3.21. The van der Waals surface area contributed by atoms with Gasteiger partial charge in [0.1, 0.15) is 10.7 Å². The minimum Gasteiger partial charge on any atom is -0.481 e. The lowest BCUT2D eigenvalue weighted by Gasteiger charge is -2.32. The predicted molar refractivity (Wildman–Crippen MR) is 89.8 cm³/mol. The van der Waals surface area contributed by atoms with Crippen LogP contribution in [0.1, 0.15) is 36.2 Å². The molecule has 128 valence electrons. The molecule has 0 saturated carbocycles. The van der Waals surface area contributed by atoms with E-state index >= 15 is 0 Å². The highest BCUT2D eigenvalue weighted by atomic mass is 32.1. The van der Waals surface area contributed by atoms with Crippen molar-refractivity contribution < 1.29 is 14.7 Å². The van der Waals surface area contributed by atoms with E-state index < -0.39 is 5.97 Å². The van der Waals surface area contributed by atoms with Crippen molar-refractivity contribution in [1.82, 2.24) is 19.7 Å². The minimum absolute atomic E-state index is 0.0681. The third kappa shape index (κ3) is 3.81. The lowest BCUT2D eigenvalue weighted by molar-refractivity contribution is -0.137. The number of likely N-dealkylation sites (tertiary alicyclic amines) is 1. The molecule has 0 bridgehead atoms. The molecule has 1 saturated heterocycles. The van der Waals surface area contributed by atoms with Gasteiger partial charge in [-0.1, -0.05) is 0 Å². The first-order chi connectivity index (χ1) is 11.5. The number of carboxylic acid groups (broad SMARTS) is 1. The van der Waals surface area contributed by atoms with Crippen LogP contribution in [0.2, 0.25) is 0 Å². The van der Waals surface area contributed by atoms with Crippen molar-refractivity contribution in [2.45, 2.75) is 25.7 Å². The van der Waals surface area contributed by atoms with Crippen molar-refractivity contribution in [1.29, 1.82) is 0 Å². The maximum atomic E-state index is 12.7. The molecule has 0 radical (unpaired) electrons. The Balaban J connectivity index is 1.65. The average molecular weight is 348 g/mol. The van der Waals surface area contributed by atoms with Gasteiger partial charge in [-0.05, 0) is 25.2 Å². The molecule has 2 aromatic rings. The standard InChI is InChI=1S/C16H20N4O3S/c1-19-9-12(7-17-19)15-18-13(10-24-15)16(23)20-6-2-3-11(8-20)4-5-14(21)22/h7,9-11H,2-6,8H2,1H3,(H,21,22). The number of aryl methyl sites for hydroxylation is 1. The molecule has 1 N–H and O–H groups in total. The summed E-state index contributed by atoms with van der Waals surface area (Å²) in [6, 6.07) is 0. The van der Waals surface area contributed by atoms with E-state index in [-0.39, 0.29) is 18.2 Å². The lowest BCUT2D eigenvalue weighted by atomic mass is 9.93. The summed E-state index contributed by atoms with van der Waals surface area (Å²) in [5.74, 6) is -0.587. The van der Waals surface area contributed by atoms with E-state index in [2.05, 4.69) is 10.1 Å². The van der Waals surface area contributed by atoms with Crippen molar-refractivity contribution in [2.75, 3.05) is 13.1 Å². The van der Waals surface area contributed by atoms with Crippen LogP contribution in [0.4, 0.5) is 0 Å². The van der Waals surface area contributed by atoms with E-state index in [1.165, 1.54) is 11.3 Å². The van der Waals surface area contributed by atoms with E-state index in [1.807, 2.05) is 13.2 Å². The molecule has 1 atom stereocenters. The smallest absolute Gasteiger partial charge is 0.303 e. The number of rotatable bonds is 5. The highest BCUT2D eigenvalue weighted by Crippen LogP contribution is 2.26. The van der Waals surface area contributed by atoms with Gasteiger partial charge in [-0.15, -0.1) is 11.3 Å². The van der Waals surface area contributed by atoms with Gasteiger partial charge in [0.05, 0.1) is 6.20 Å². The number of thiazole rings is 1. The highest BCUT2D eigenvalue weighted by molar-refractivity contribution is 7.13. The third-order valence-electron chi connectivity index (χ3n) is 4.25. The summed E-state index contributed by atoms with van der Waals surface area (Å²) < 4.78 is 1.70. The molecular weight excluding hydrogens is 328 g/mol. The lowest BCUT2D eigenvalue weighted by Crippen LogP contribution is -2.40. The van der Waals surface area contributed by atoms with E-state index in [4.69, 9.17) is 5.11 Å². The largest absolute Gasteiger partial charge is 0.481 e. The van der Waals surface area contributed by atoms with E-state index in [1.54, 1.807) is 21.2 Å². The molecule has 1 unspecified atom stereocenters. The third-order valence-corrected chi connectivity index (χ3v) is 5.14. The fourth-order valence-corrected chi connectivity index (χ4v) is 3.78. The first-order valence-electron chi connectivity index (χ1n) is 7.98. The second-order valence-corrected chi connectivity index (χ2v) is 6.99. The Hall–Kier alpha value is -2.22. The molecule has 2 aromatic heterocycles. The molecule has 8 heteroatoms. The second kappa shape index (κ2) is 7.12. The molecule has 1 aliphatic rings. The Kier molecular flexibility index (Phi) is 4.94. The SMILES string of the molecule is Cn1cc(-c2nc(C(=O)N3CCCC(CCC(=O)O)C3)cs2)cn1. The molecule has 7 nitrogen and oxygen atoms in total. The maximum absolute atomic E-state index is 12.7. The second-order valence-electron chi connectivity index (χ2n) is 6.13. The first-order valence-corrected chi connectivity index (χ1v) is 8.86. The van der Waals surface area contributed by atoms with Crippen molar-refractivity contribution in [3.8, 4) is 10.6 Å². The number of carboxylic acids is 1. The summed E-state index contributed by atoms with van der Waals surface area (Å²) in [5, 5.41) is 15.5. The summed E-state index contributed by atoms with van der Waals surface area (Å²) in [4.78, 5) is 29.6. The van der Waals surface area contributed by atoms with E-state index in [0.29, 0.717) is 25.2 Å². The van der Waals surface area contributed by atoms with Gasteiger partial charge in [0.25, 0.3) is 5.91 Å². The molecule has 3 heterocycles. The van der Waals surface area contributed by atoms with Gasteiger partial charge in [0.15, 0.2) is 0 Å². The van der Waals surface area contributed by atoms with Crippen LogP contribution in [-0.2, 0) is 11.8 Å². The van der Waals surface area contributed by atoms with Crippen LogP contribution in [0, 0.1) is 5.92 Å². The maximum Gasteiger partial charge on any atom is 0.303 e. The van der Waals surface area contributed by atoms with Crippen LogP contribution >= 0.6 is 11.3 Å². The van der Waals surface area contributed by atoms with Gasteiger partial charge < -0.3 is 10.0 Å². The minimum atomic E-state index is -0.779. The van der Waals surface area contributed by atoms with E-state index in [9.17, 15) is 9.59 Å². The predicted octanol–water partition coefficient (Wildman–Crippen LogP) is 2.26. The fraction of sp³-hybridized carbons (Fsp3) is 0.500. The van der Waals surface area contributed by atoms with Crippen LogP contribution in [-0.4, -0.2) is 49.7 Å². The van der Waals surface area contributed by atoms with Gasteiger partial charge in [0, 0.05) is 43.7 Å².